The van der Waals surface area contributed by atoms with Crippen molar-refractivity contribution in [3.63, 3.8) is 0 Å². The van der Waals surface area contributed by atoms with Crippen LogP contribution in [0.3, 0.4) is 0 Å². The fraction of sp³-hybridized carbons (Fsp3) is 0.109. The molecule has 3 aromatic heterocycles. The van der Waals surface area contributed by atoms with Crippen molar-refractivity contribution in [2.24, 2.45) is 0 Å². The van der Waals surface area contributed by atoms with E-state index in [1.807, 2.05) is 42.6 Å². The predicted octanol–water partition coefficient (Wildman–Crippen LogP) is 14.7. The van der Waals surface area contributed by atoms with Crippen LogP contribution in [0.2, 0.25) is 0 Å². The summed E-state index contributed by atoms with van der Waals surface area (Å²) in [6.07, 6.45) is 4.02. The molecule has 0 spiro atoms. The summed E-state index contributed by atoms with van der Waals surface area (Å²) < 4.78 is 2.28. The standard InChI is InChI=1S/C55H47N5/c1-38(2)48-36-46(37-49(39(3)4)54(48)59-33-32-56-55(59)42-22-12-7-13-23-42)44-25-14-24-43(34-44)45-26-15-27-47(35-45)60(52-30-16-28-50(57-52)40-18-8-5-9-19-40)53-31-17-29-51(58-53)41-20-10-6-11-21-41/h5-39H,1-4H3. The molecule has 0 amide bonds. The van der Waals surface area contributed by atoms with Crippen LogP contribution < -0.4 is 4.90 Å². The van der Waals surface area contributed by atoms with Gasteiger partial charge in [-0.1, -0.05) is 161 Å². The third-order valence-electron chi connectivity index (χ3n) is 11.0. The second-order valence-corrected chi connectivity index (χ2v) is 15.8. The highest BCUT2D eigenvalue weighted by Gasteiger charge is 2.22. The molecule has 0 unspecified atom stereocenters. The lowest BCUT2D eigenvalue weighted by atomic mass is 9.87. The Morgan fingerprint density at radius 3 is 1.40 bits per heavy atom. The van der Waals surface area contributed by atoms with Crippen LogP contribution in [0.15, 0.2) is 200 Å². The summed E-state index contributed by atoms with van der Waals surface area (Å²) in [5, 5.41) is 0. The lowest BCUT2D eigenvalue weighted by Crippen LogP contribution is -2.13. The summed E-state index contributed by atoms with van der Waals surface area (Å²) in [6.45, 7) is 9.14. The number of imidazole rings is 1. The van der Waals surface area contributed by atoms with Crippen molar-refractivity contribution in [2.75, 3.05) is 4.90 Å². The summed E-state index contributed by atoms with van der Waals surface area (Å²) >= 11 is 0. The lowest BCUT2D eigenvalue weighted by molar-refractivity contribution is 0.807. The normalized spacial score (nSPS) is 11.3. The van der Waals surface area contributed by atoms with E-state index in [4.69, 9.17) is 15.0 Å². The second kappa shape index (κ2) is 16.8. The van der Waals surface area contributed by atoms with E-state index in [0.29, 0.717) is 0 Å². The molecule has 0 atom stereocenters. The first-order chi connectivity index (χ1) is 29.4. The van der Waals surface area contributed by atoms with Crippen LogP contribution in [-0.2, 0) is 0 Å². The average molecular weight is 778 g/mol. The fourth-order valence-electron chi connectivity index (χ4n) is 8.01. The molecule has 0 bridgehead atoms. The van der Waals surface area contributed by atoms with Gasteiger partial charge < -0.3 is 0 Å². The Morgan fingerprint density at radius 2 is 0.867 bits per heavy atom. The number of anilines is 3. The highest BCUT2D eigenvalue weighted by atomic mass is 15.2. The van der Waals surface area contributed by atoms with Crippen LogP contribution in [0.4, 0.5) is 17.3 Å². The maximum atomic E-state index is 5.23. The molecule has 3 heterocycles. The van der Waals surface area contributed by atoms with E-state index in [9.17, 15) is 0 Å². The molecule has 5 heteroatoms. The fourth-order valence-corrected chi connectivity index (χ4v) is 8.01. The largest absolute Gasteiger partial charge is 0.299 e. The molecule has 0 saturated carbocycles. The van der Waals surface area contributed by atoms with Gasteiger partial charge in [0.25, 0.3) is 0 Å². The first-order valence-corrected chi connectivity index (χ1v) is 20.7. The van der Waals surface area contributed by atoms with Crippen LogP contribution in [0.5, 0.6) is 0 Å². The van der Waals surface area contributed by atoms with Crippen molar-refractivity contribution in [1.82, 2.24) is 19.5 Å². The van der Waals surface area contributed by atoms with Gasteiger partial charge in [-0.3, -0.25) is 9.47 Å². The number of rotatable bonds is 11. The Bertz CT molecular complexity index is 2770. The molecule has 292 valence electrons. The van der Waals surface area contributed by atoms with E-state index in [-0.39, 0.29) is 11.8 Å². The minimum Gasteiger partial charge on any atom is -0.299 e. The zero-order valence-corrected chi connectivity index (χ0v) is 34.4. The summed E-state index contributed by atoms with van der Waals surface area (Å²) in [4.78, 5) is 17.5. The highest BCUT2D eigenvalue weighted by Crippen LogP contribution is 2.40. The van der Waals surface area contributed by atoms with Gasteiger partial charge in [0.05, 0.1) is 17.1 Å². The van der Waals surface area contributed by atoms with Crippen molar-refractivity contribution in [2.45, 2.75) is 39.5 Å². The van der Waals surface area contributed by atoms with E-state index in [1.165, 1.54) is 27.9 Å². The lowest BCUT2D eigenvalue weighted by Gasteiger charge is -2.25. The number of pyridine rings is 2. The number of hydrogen-bond donors (Lipinski definition) is 0. The highest BCUT2D eigenvalue weighted by molar-refractivity contribution is 5.81. The molecule has 5 nitrogen and oxygen atoms in total. The Hall–Kier alpha value is -7.37. The number of benzene rings is 6. The van der Waals surface area contributed by atoms with Gasteiger partial charge in [0.2, 0.25) is 0 Å². The molecular formula is C55H47N5. The molecule has 6 aromatic carbocycles. The van der Waals surface area contributed by atoms with Gasteiger partial charge in [-0.05, 0) is 99.8 Å². The monoisotopic (exact) mass is 777 g/mol. The molecule has 0 aliphatic carbocycles. The van der Waals surface area contributed by atoms with Gasteiger partial charge in [-0.25, -0.2) is 15.0 Å². The van der Waals surface area contributed by atoms with Crippen molar-refractivity contribution in [3.8, 4) is 61.8 Å². The summed E-state index contributed by atoms with van der Waals surface area (Å²) in [7, 11) is 0. The van der Waals surface area contributed by atoms with Crippen molar-refractivity contribution in [1.29, 1.82) is 0 Å². The SMILES string of the molecule is CC(C)c1cc(-c2cccc(-c3cccc(N(c4cccc(-c5ccccc5)n4)c4cccc(-c5ccccc5)n4)c3)c2)cc(C(C)C)c1-n1ccnc1-c1ccccc1. The Labute approximate surface area is 353 Å². The third-order valence-corrected chi connectivity index (χ3v) is 11.0. The maximum Gasteiger partial charge on any atom is 0.144 e. The molecule has 0 saturated heterocycles. The topological polar surface area (TPSA) is 46.8 Å². The minimum absolute atomic E-state index is 0.289. The summed E-state index contributed by atoms with van der Waals surface area (Å²) in [5.41, 5.74) is 14.4. The van der Waals surface area contributed by atoms with E-state index in [0.717, 1.165) is 62.4 Å². The number of hydrogen-bond acceptors (Lipinski definition) is 4. The van der Waals surface area contributed by atoms with E-state index >= 15 is 0 Å². The van der Waals surface area contributed by atoms with Crippen molar-refractivity contribution < 1.29 is 0 Å². The van der Waals surface area contributed by atoms with Gasteiger partial charge in [0.1, 0.15) is 17.5 Å². The van der Waals surface area contributed by atoms with Gasteiger partial charge >= 0.3 is 0 Å². The minimum atomic E-state index is 0.289. The van der Waals surface area contributed by atoms with E-state index < -0.39 is 0 Å². The molecule has 0 N–H and O–H groups in total. The first-order valence-electron chi connectivity index (χ1n) is 20.7. The Kier molecular flexibility index (Phi) is 10.7. The second-order valence-electron chi connectivity index (χ2n) is 15.8. The van der Waals surface area contributed by atoms with Crippen LogP contribution in [-0.4, -0.2) is 19.5 Å². The van der Waals surface area contributed by atoms with Gasteiger partial charge in [0.15, 0.2) is 0 Å². The Balaban J connectivity index is 1.14. The van der Waals surface area contributed by atoms with Crippen LogP contribution in [0, 0.1) is 0 Å². The zero-order valence-electron chi connectivity index (χ0n) is 34.4. The van der Waals surface area contributed by atoms with Gasteiger partial charge in [-0.2, -0.15) is 0 Å². The van der Waals surface area contributed by atoms with Crippen molar-refractivity contribution >= 4 is 17.3 Å². The zero-order chi connectivity index (χ0) is 41.0. The summed E-state index contributed by atoms with van der Waals surface area (Å²) in [5.74, 6) is 3.10. The van der Waals surface area contributed by atoms with E-state index in [1.54, 1.807) is 0 Å². The van der Waals surface area contributed by atoms with Gasteiger partial charge in [-0.15, -0.1) is 0 Å². The third kappa shape index (κ3) is 7.78. The quantitative estimate of drug-likeness (QED) is 0.131. The van der Waals surface area contributed by atoms with E-state index in [2.05, 4.69) is 195 Å². The average Bonchev–Trinajstić information content (AvgIpc) is 3.80. The molecular weight excluding hydrogens is 731 g/mol. The van der Waals surface area contributed by atoms with Crippen LogP contribution >= 0.6 is 0 Å². The van der Waals surface area contributed by atoms with Gasteiger partial charge in [0, 0.05) is 34.8 Å². The van der Waals surface area contributed by atoms with Crippen LogP contribution in [0.25, 0.3) is 61.8 Å². The smallest absolute Gasteiger partial charge is 0.144 e. The van der Waals surface area contributed by atoms with Crippen molar-refractivity contribution in [3.05, 3.63) is 212 Å². The number of nitrogens with zero attached hydrogens (tertiary/aromatic N) is 5. The molecule has 0 aliphatic rings. The molecule has 0 fully saturated rings. The summed E-state index contributed by atoms with van der Waals surface area (Å²) in [6, 6.07) is 65.9. The molecule has 9 aromatic rings. The van der Waals surface area contributed by atoms with Crippen LogP contribution in [0.1, 0.15) is 50.7 Å². The number of aromatic nitrogens is 4. The molecule has 60 heavy (non-hydrogen) atoms. The predicted molar refractivity (Wildman–Crippen MR) is 249 cm³/mol. The first kappa shape index (κ1) is 38.2. The molecule has 0 aliphatic heterocycles. The molecule has 0 radical (unpaired) electrons. The maximum absolute atomic E-state index is 5.23. The Morgan fingerprint density at radius 1 is 0.417 bits per heavy atom. The molecule has 9 rings (SSSR count).